The summed E-state index contributed by atoms with van der Waals surface area (Å²) < 4.78 is 10.8. The molecule has 0 radical (unpaired) electrons. The van der Waals surface area contributed by atoms with Crippen LogP contribution in [0.4, 0.5) is 0 Å². The lowest BCUT2D eigenvalue weighted by molar-refractivity contribution is -0.137. The second-order valence-electron chi connectivity index (χ2n) is 9.24. The summed E-state index contributed by atoms with van der Waals surface area (Å²) in [7, 11) is 0. The number of benzene rings is 2. The second kappa shape index (κ2) is 14.4. The van der Waals surface area contributed by atoms with Crippen molar-refractivity contribution in [3.63, 3.8) is 0 Å². The molecule has 34 heavy (non-hydrogen) atoms. The molecule has 0 aliphatic heterocycles. The van der Waals surface area contributed by atoms with E-state index in [2.05, 4.69) is 43.0 Å². The van der Waals surface area contributed by atoms with Crippen LogP contribution in [-0.2, 0) is 14.3 Å². The van der Waals surface area contributed by atoms with Crippen molar-refractivity contribution in [3.8, 4) is 16.9 Å². The first kappa shape index (κ1) is 25.7. The third-order valence-electron chi connectivity index (χ3n) is 6.83. The maximum absolute atomic E-state index is 11.0. The molecule has 4 heteroatoms. The standard InChI is InChI=1S/C30H38O4/c1-2-30(32)34-23-6-4-3-5-22-33-29-19-17-28(18-20-29)27-15-13-26(14-16-27)25-11-9-24(10-12-25)8-7-21-31/h2,13-21,24-25H,1,3-12,22-23H2/t24-,25-. The summed E-state index contributed by atoms with van der Waals surface area (Å²) in [6, 6.07) is 17.4. The highest BCUT2D eigenvalue weighted by Crippen LogP contribution is 2.38. The van der Waals surface area contributed by atoms with Gasteiger partial charge in [-0.05, 0) is 98.4 Å². The minimum absolute atomic E-state index is 0.353. The third kappa shape index (κ3) is 8.48. The lowest BCUT2D eigenvalue weighted by Crippen LogP contribution is -2.13. The molecule has 0 heterocycles. The lowest BCUT2D eigenvalue weighted by atomic mass is 9.77. The molecule has 4 nitrogen and oxygen atoms in total. The molecule has 1 aliphatic rings. The normalized spacial score (nSPS) is 17.6. The molecule has 182 valence electrons. The number of esters is 1. The third-order valence-corrected chi connectivity index (χ3v) is 6.83. The van der Waals surface area contributed by atoms with Gasteiger partial charge in [-0.3, -0.25) is 0 Å². The predicted octanol–water partition coefficient (Wildman–Crippen LogP) is 7.27. The van der Waals surface area contributed by atoms with Crippen LogP contribution in [0.15, 0.2) is 61.2 Å². The number of carbonyl (C=O) groups is 2. The molecule has 1 aliphatic carbocycles. The van der Waals surface area contributed by atoms with Crippen LogP contribution >= 0.6 is 0 Å². The zero-order valence-corrected chi connectivity index (χ0v) is 20.3. The molecule has 0 atom stereocenters. The highest BCUT2D eigenvalue weighted by molar-refractivity contribution is 5.81. The Morgan fingerprint density at radius 1 is 0.853 bits per heavy atom. The molecule has 0 unspecified atom stereocenters. The van der Waals surface area contributed by atoms with E-state index in [1.165, 1.54) is 48.4 Å². The van der Waals surface area contributed by atoms with Gasteiger partial charge in [0.15, 0.2) is 0 Å². The molecular weight excluding hydrogens is 424 g/mol. The van der Waals surface area contributed by atoms with E-state index in [0.29, 0.717) is 25.6 Å². The molecule has 3 rings (SSSR count). The van der Waals surface area contributed by atoms with Gasteiger partial charge in [0.2, 0.25) is 0 Å². The van der Waals surface area contributed by atoms with Gasteiger partial charge in [0.05, 0.1) is 13.2 Å². The molecule has 1 fully saturated rings. The minimum Gasteiger partial charge on any atom is -0.494 e. The Balaban J connectivity index is 1.36. The average Bonchev–Trinajstić information content (AvgIpc) is 2.89. The molecule has 0 N–H and O–H groups in total. The maximum Gasteiger partial charge on any atom is 0.330 e. The Bertz CT molecular complexity index is 877. The summed E-state index contributed by atoms with van der Waals surface area (Å²) in [4.78, 5) is 21.6. The number of aldehydes is 1. The van der Waals surface area contributed by atoms with Crippen molar-refractivity contribution in [2.45, 2.75) is 70.1 Å². The monoisotopic (exact) mass is 462 g/mol. The summed E-state index contributed by atoms with van der Waals surface area (Å²) in [5.41, 5.74) is 3.87. The summed E-state index contributed by atoms with van der Waals surface area (Å²) in [5.74, 6) is 1.93. The zero-order valence-electron chi connectivity index (χ0n) is 20.3. The number of ether oxygens (including phenoxy) is 2. The largest absolute Gasteiger partial charge is 0.494 e. The number of rotatable bonds is 14. The van der Waals surface area contributed by atoms with Crippen molar-refractivity contribution in [3.05, 3.63) is 66.7 Å². The van der Waals surface area contributed by atoms with E-state index >= 15 is 0 Å². The van der Waals surface area contributed by atoms with Crippen molar-refractivity contribution in [2.24, 2.45) is 5.92 Å². The average molecular weight is 463 g/mol. The Morgan fingerprint density at radius 2 is 1.47 bits per heavy atom. The first-order chi connectivity index (χ1) is 16.7. The fourth-order valence-electron chi connectivity index (χ4n) is 4.76. The van der Waals surface area contributed by atoms with Gasteiger partial charge in [0.1, 0.15) is 12.0 Å². The van der Waals surface area contributed by atoms with E-state index in [1.807, 2.05) is 12.1 Å². The van der Waals surface area contributed by atoms with Gasteiger partial charge in [-0.1, -0.05) is 43.0 Å². The number of hydrogen-bond acceptors (Lipinski definition) is 4. The zero-order chi connectivity index (χ0) is 24.0. The second-order valence-corrected chi connectivity index (χ2v) is 9.24. The molecular formula is C30H38O4. The first-order valence-electron chi connectivity index (χ1n) is 12.8. The van der Waals surface area contributed by atoms with Crippen molar-refractivity contribution in [2.75, 3.05) is 13.2 Å². The molecule has 2 aromatic carbocycles. The van der Waals surface area contributed by atoms with Crippen LogP contribution in [0.2, 0.25) is 0 Å². The smallest absolute Gasteiger partial charge is 0.330 e. The van der Waals surface area contributed by atoms with Gasteiger partial charge in [-0.25, -0.2) is 4.79 Å². The van der Waals surface area contributed by atoms with E-state index in [0.717, 1.165) is 50.1 Å². The summed E-state index contributed by atoms with van der Waals surface area (Å²) in [6.45, 7) is 4.53. The van der Waals surface area contributed by atoms with E-state index in [4.69, 9.17) is 9.47 Å². The van der Waals surface area contributed by atoms with Gasteiger partial charge >= 0.3 is 5.97 Å². The highest BCUT2D eigenvalue weighted by atomic mass is 16.5. The quantitative estimate of drug-likeness (QED) is 0.128. The Hall–Kier alpha value is -2.88. The molecule has 1 saturated carbocycles. The number of hydrogen-bond donors (Lipinski definition) is 0. The maximum atomic E-state index is 11.0. The van der Waals surface area contributed by atoms with Crippen molar-refractivity contribution >= 4 is 12.3 Å². The topological polar surface area (TPSA) is 52.6 Å². The Kier molecular flexibility index (Phi) is 10.9. The van der Waals surface area contributed by atoms with Crippen molar-refractivity contribution in [1.82, 2.24) is 0 Å². The molecule has 0 spiro atoms. The summed E-state index contributed by atoms with van der Waals surface area (Å²) in [6.07, 6.45) is 12.9. The van der Waals surface area contributed by atoms with Crippen LogP contribution in [0.5, 0.6) is 5.75 Å². The number of carbonyl (C=O) groups excluding carboxylic acids is 2. The lowest BCUT2D eigenvalue weighted by Gasteiger charge is -2.28. The fraction of sp³-hybridized carbons (Fsp3) is 0.467. The summed E-state index contributed by atoms with van der Waals surface area (Å²) >= 11 is 0. The SMILES string of the molecule is C=CC(=O)OCCCCCCOc1ccc(-c2ccc([C@H]3CC[C@H](CCC=O)CC3)cc2)cc1. The summed E-state index contributed by atoms with van der Waals surface area (Å²) in [5, 5.41) is 0. The van der Waals surface area contributed by atoms with Gasteiger partial charge in [-0.2, -0.15) is 0 Å². The van der Waals surface area contributed by atoms with Crippen molar-refractivity contribution in [1.29, 1.82) is 0 Å². The van der Waals surface area contributed by atoms with Crippen molar-refractivity contribution < 1.29 is 19.1 Å². The fourth-order valence-corrected chi connectivity index (χ4v) is 4.76. The van der Waals surface area contributed by atoms with Crippen LogP contribution in [0.1, 0.15) is 75.7 Å². The van der Waals surface area contributed by atoms with E-state index in [9.17, 15) is 9.59 Å². The molecule has 0 bridgehead atoms. The number of unbranched alkanes of at least 4 members (excludes halogenated alkanes) is 3. The van der Waals surface area contributed by atoms with Crippen LogP contribution in [0.3, 0.4) is 0 Å². The first-order valence-corrected chi connectivity index (χ1v) is 12.8. The molecule has 0 amide bonds. The van der Waals surface area contributed by atoms with Gasteiger partial charge in [0.25, 0.3) is 0 Å². The van der Waals surface area contributed by atoms with E-state index in [-0.39, 0.29) is 5.97 Å². The minimum atomic E-state index is -0.353. The Morgan fingerprint density at radius 3 is 2.09 bits per heavy atom. The highest BCUT2D eigenvalue weighted by Gasteiger charge is 2.22. The van der Waals surface area contributed by atoms with Crippen LogP contribution in [0, 0.1) is 5.92 Å². The molecule has 0 aromatic heterocycles. The van der Waals surface area contributed by atoms with Gasteiger partial charge in [0, 0.05) is 12.5 Å². The van der Waals surface area contributed by atoms with Crippen LogP contribution < -0.4 is 4.74 Å². The Labute approximate surface area is 204 Å². The van der Waals surface area contributed by atoms with Crippen LogP contribution in [-0.4, -0.2) is 25.5 Å². The van der Waals surface area contributed by atoms with E-state index < -0.39 is 0 Å². The predicted molar refractivity (Wildman–Crippen MR) is 137 cm³/mol. The van der Waals surface area contributed by atoms with Crippen LogP contribution in [0.25, 0.3) is 11.1 Å². The van der Waals surface area contributed by atoms with Gasteiger partial charge < -0.3 is 14.3 Å². The van der Waals surface area contributed by atoms with E-state index in [1.54, 1.807) is 0 Å². The molecule has 2 aromatic rings. The van der Waals surface area contributed by atoms with Gasteiger partial charge in [-0.15, -0.1) is 0 Å². The molecule has 0 saturated heterocycles.